The molecule has 496 valence electrons. The highest BCUT2D eigenvalue weighted by molar-refractivity contribution is 9.09. The number of alkyl carbamates (subject to hydrolysis) is 1. The van der Waals surface area contributed by atoms with Crippen molar-refractivity contribution in [2.75, 3.05) is 46.7 Å². The van der Waals surface area contributed by atoms with Crippen LogP contribution >= 0.6 is 15.9 Å². The third kappa shape index (κ3) is 27.7. The zero-order valence-corrected chi connectivity index (χ0v) is 53.6. The Morgan fingerprint density at radius 1 is 0.693 bits per heavy atom. The SMILES string of the molecule is CCC(=O)N[C@@H](CO)COc1ccc([C@@H](O)CNC(=O)[C@H](CCC[C@@H]2OC(C)(C)O[C@H]2[C@H](Br)CCCCCCC[C@H](O)CCCCCCCCCCCCOC[C@H](CO)NC(=O)OCc2ccccc2)OC(=O)[C@@](OC)(c2ccccc2)C(F)(F)F)cc1. The zero-order chi connectivity index (χ0) is 64.2. The predicted molar refractivity (Wildman–Crippen MR) is 331 cm³/mol. The van der Waals surface area contributed by atoms with Crippen molar-refractivity contribution in [3.8, 4) is 5.75 Å². The summed E-state index contributed by atoms with van der Waals surface area (Å²) in [6, 6.07) is 20.7. The number of hydrogen-bond acceptors (Lipinski definition) is 15. The Hall–Kier alpha value is -4.91. The number of ether oxygens (including phenoxy) is 7. The number of unbranched alkanes of at least 4 members (excludes halogenated alkanes) is 13. The Morgan fingerprint density at radius 2 is 1.25 bits per heavy atom. The summed E-state index contributed by atoms with van der Waals surface area (Å²) in [6.07, 6.45) is 8.99. The number of aliphatic hydroxyl groups excluding tert-OH is 4. The number of hydrogen-bond donors (Lipinski definition) is 7. The van der Waals surface area contributed by atoms with E-state index in [1.807, 2.05) is 30.3 Å². The average Bonchev–Trinajstić information content (AvgIpc) is 1.00. The lowest BCUT2D eigenvalue weighted by molar-refractivity contribution is -0.278. The van der Waals surface area contributed by atoms with Gasteiger partial charge < -0.3 is 69.5 Å². The first-order valence-electron chi connectivity index (χ1n) is 31.6. The quantitative estimate of drug-likeness (QED) is 0.0158. The first kappa shape index (κ1) is 75.5. The number of amides is 3. The van der Waals surface area contributed by atoms with Crippen molar-refractivity contribution in [1.29, 1.82) is 0 Å². The minimum absolute atomic E-state index is 0.0179. The number of esters is 1. The summed E-state index contributed by atoms with van der Waals surface area (Å²) in [5.74, 6) is -3.59. The van der Waals surface area contributed by atoms with Gasteiger partial charge in [-0.1, -0.05) is 186 Å². The lowest BCUT2D eigenvalue weighted by Crippen LogP contribution is -2.53. The van der Waals surface area contributed by atoms with Crippen LogP contribution in [-0.4, -0.2) is 144 Å². The van der Waals surface area contributed by atoms with E-state index in [4.69, 9.17) is 33.2 Å². The fourth-order valence-corrected chi connectivity index (χ4v) is 11.2. The molecule has 3 amide bonds. The molecule has 18 nitrogen and oxygen atoms in total. The summed E-state index contributed by atoms with van der Waals surface area (Å²) in [5.41, 5.74) is -2.84. The molecule has 1 aliphatic rings. The van der Waals surface area contributed by atoms with E-state index < -0.39 is 77.6 Å². The zero-order valence-electron chi connectivity index (χ0n) is 52.0. The first-order chi connectivity index (χ1) is 42.2. The van der Waals surface area contributed by atoms with E-state index in [2.05, 4.69) is 31.9 Å². The van der Waals surface area contributed by atoms with Gasteiger partial charge in [0.25, 0.3) is 11.5 Å². The van der Waals surface area contributed by atoms with Gasteiger partial charge in [0.05, 0.1) is 56.3 Å². The van der Waals surface area contributed by atoms with Crippen LogP contribution in [0.3, 0.4) is 0 Å². The van der Waals surface area contributed by atoms with Crippen LogP contribution in [0.25, 0.3) is 0 Å². The Bertz CT molecular complexity index is 2400. The van der Waals surface area contributed by atoms with Crippen LogP contribution in [0.1, 0.15) is 185 Å². The highest BCUT2D eigenvalue weighted by atomic mass is 79.9. The van der Waals surface area contributed by atoms with Gasteiger partial charge in [-0.25, -0.2) is 9.59 Å². The molecule has 1 heterocycles. The van der Waals surface area contributed by atoms with Crippen LogP contribution in [0.5, 0.6) is 5.75 Å². The molecule has 1 fully saturated rings. The summed E-state index contributed by atoms with van der Waals surface area (Å²) in [6.45, 7) is 5.26. The molecule has 0 unspecified atom stereocenters. The normalized spacial score (nSPS) is 17.6. The second-order valence-electron chi connectivity index (χ2n) is 23.2. The molecule has 0 bridgehead atoms. The third-order valence-corrected chi connectivity index (χ3v) is 16.5. The molecule has 9 atom stereocenters. The molecule has 4 rings (SSSR count). The standard InChI is InChI=1S/C66H99BrF3N3O15/c1-5-59(78)72-52(44-75)47-84-54-39-37-49(38-40-54)56(77)42-71-61(79)58(86-62(80)65(82-4,66(68,69)70)50-30-21-18-22-31-50)36-27-35-57-60(88-64(2,3)87-57)55(67)34-25-15-12-14-24-33-53(76)32-23-13-10-8-6-7-9-11-16-26-41-83-46-51(43-74)73-63(81)85-45-48-28-19-17-20-29-48/h17-22,28-31,37-40,51-53,55-58,60,74-77H,5-16,23-27,32-36,41-47H2,1-4H3,(H,71,79)(H,72,78)(H,73,81)/t51-,52-,53+,55+,56-,57-,58-,60-,65-/m0/s1. The number of carbonyl (C=O) groups is 4. The van der Waals surface area contributed by atoms with Gasteiger partial charge in [-0.05, 0) is 82.1 Å². The number of aliphatic hydroxyl groups is 4. The fraction of sp³-hybridized carbons (Fsp3) is 0.667. The molecule has 0 saturated carbocycles. The average molecular weight is 1310 g/mol. The summed E-state index contributed by atoms with van der Waals surface area (Å²) < 4.78 is 84.6. The van der Waals surface area contributed by atoms with Gasteiger partial charge in [0.1, 0.15) is 19.0 Å². The molecule has 3 aromatic rings. The highest BCUT2D eigenvalue weighted by Gasteiger charge is 2.64. The molecular formula is C66H99BrF3N3O15. The number of rotatable bonds is 46. The molecule has 0 spiro atoms. The van der Waals surface area contributed by atoms with Crippen LogP contribution < -0.4 is 20.7 Å². The van der Waals surface area contributed by atoms with Crippen molar-refractivity contribution >= 4 is 39.8 Å². The molecular weight excluding hydrogens is 1210 g/mol. The molecule has 7 N–H and O–H groups in total. The third-order valence-electron chi connectivity index (χ3n) is 15.5. The van der Waals surface area contributed by atoms with E-state index in [-0.39, 0.29) is 75.7 Å². The highest BCUT2D eigenvalue weighted by Crippen LogP contribution is 2.44. The number of halogens is 4. The van der Waals surface area contributed by atoms with Crippen LogP contribution in [0.2, 0.25) is 0 Å². The Balaban J connectivity index is 1.12. The van der Waals surface area contributed by atoms with Gasteiger partial charge in [-0.2, -0.15) is 13.2 Å². The van der Waals surface area contributed by atoms with Gasteiger partial charge in [0.15, 0.2) is 11.9 Å². The van der Waals surface area contributed by atoms with Crippen LogP contribution in [0, 0.1) is 0 Å². The molecule has 1 saturated heterocycles. The summed E-state index contributed by atoms with van der Waals surface area (Å²) in [4.78, 5) is 51.5. The lowest BCUT2D eigenvalue weighted by Gasteiger charge is -2.33. The maximum atomic E-state index is 15.0. The van der Waals surface area contributed by atoms with Crippen molar-refractivity contribution < 1.29 is 85.9 Å². The molecule has 3 aromatic carbocycles. The monoisotopic (exact) mass is 1310 g/mol. The van der Waals surface area contributed by atoms with Crippen LogP contribution in [0.4, 0.5) is 18.0 Å². The number of alkyl halides is 4. The Morgan fingerprint density at radius 3 is 1.82 bits per heavy atom. The van der Waals surface area contributed by atoms with Crippen LogP contribution in [0.15, 0.2) is 84.9 Å². The van der Waals surface area contributed by atoms with Gasteiger partial charge in [-0.15, -0.1) is 0 Å². The first-order valence-corrected chi connectivity index (χ1v) is 32.5. The van der Waals surface area contributed by atoms with Gasteiger partial charge in [0, 0.05) is 37.1 Å². The van der Waals surface area contributed by atoms with E-state index in [9.17, 15) is 52.8 Å². The van der Waals surface area contributed by atoms with Crippen molar-refractivity contribution in [3.05, 3.63) is 102 Å². The minimum atomic E-state index is -5.29. The second-order valence-corrected chi connectivity index (χ2v) is 24.3. The fourth-order valence-electron chi connectivity index (χ4n) is 10.5. The van der Waals surface area contributed by atoms with Gasteiger partial charge >= 0.3 is 18.2 Å². The molecule has 1 aliphatic heterocycles. The molecule has 0 aromatic heterocycles. The van der Waals surface area contributed by atoms with Gasteiger partial charge in [0.2, 0.25) is 5.91 Å². The molecule has 22 heteroatoms. The second kappa shape index (κ2) is 41.5. The number of nitrogens with one attached hydrogen (secondary N) is 3. The maximum Gasteiger partial charge on any atom is 0.432 e. The lowest BCUT2D eigenvalue weighted by atomic mass is 9.92. The number of carbonyl (C=O) groups excluding carboxylic acids is 4. The van der Waals surface area contributed by atoms with E-state index in [0.717, 1.165) is 108 Å². The molecule has 0 radical (unpaired) electrons. The van der Waals surface area contributed by atoms with Crippen molar-refractivity contribution in [2.24, 2.45) is 0 Å². The van der Waals surface area contributed by atoms with Gasteiger partial charge in [-0.3, -0.25) is 9.59 Å². The van der Waals surface area contributed by atoms with E-state index in [1.165, 1.54) is 50.3 Å². The summed E-state index contributed by atoms with van der Waals surface area (Å²) >= 11 is 3.84. The van der Waals surface area contributed by atoms with Crippen molar-refractivity contribution in [1.82, 2.24) is 16.0 Å². The summed E-state index contributed by atoms with van der Waals surface area (Å²) in [5, 5.41) is 48.8. The van der Waals surface area contributed by atoms with Crippen LogP contribution in [-0.2, 0) is 55.0 Å². The van der Waals surface area contributed by atoms with E-state index in [1.54, 1.807) is 45.0 Å². The van der Waals surface area contributed by atoms with E-state index in [0.29, 0.717) is 24.3 Å². The largest absolute Gasteiger partial charge is 0.491 e. The topological polar surface area (TPSA) is 250 Å². The smallest absolute Gasteiger partial charge is 0.432 e. The Kier molecular flexibility index (Phi) is 35.6. The minimum Gasteiger partial charge on any atom is -0.491 e. The van der Waals surface area contributed by atoms with Crippen molar-refractivity contribution in [2.45, 2.75) is 234 Å². The maximum absolute atomic E-state index is 15.0. The summed E-state index contributed by atoms with van der Waals surface area (Å²) in [7, 11) is 0.745. The molecule has 0 aliphatic carbocycles. The number of benzene rings is 3. The van der Waals surface area contributed by atoms with E-state index >= 15 is 0 Å². The van der Waals surface area contributed by atoms with Crippen molar-refractivity contribution in [3.63, 3.8) is 0 Å². The number of methoxy groups -OCH3 is 1. The Labute approximate surface area is 527 Å². The molecule has 88 heavy (non-hydrogen) atoms. The predicted octanol–water partition coefficient (Wildman–Crippen LogP) is 11.3.